The van der Waals surface area contributed by atoms with Crippen molar-refractivity contribution in [2.24, 2.45) is 0 Å². The fourth-order valence-electron chi connectivity index (χ4n) is 9.82. The fourth-order valence-corrected chi connectivity index (χ4v) is 12.7. The van der Waals surface area contributed by atoms with Crippen LogP contribution in [-0.2, 0) is 68.6 Å². The monoisotopic (exact) mass is 1110 g/mol. The van der Waals surface area contributed by atoms with Crippen LogP contribution in [-0.4, -0.2) is 35.5 Å². The van der Waals surface area contributed by atoms with E-state index in [1.807, 2.05) is 71.8 Å². The third-order valence-corrected chi connectivity index (χ3v) is 17.4. The molecule has 0 bridgehead atoms. The van der Waals surface area contributed by atoms with Crippen molar-refractivity contribution in [3.63, 3.8) is 0 Å². The number of aryl methyl sites for hydroxylation is 3. The topological polar surface area (TPSA) is 52.6 Å². The molecular formula is C72H74N2O3S3. The molecule has 16 rings (SSSR count). The van der Waals surface area contributed by atoms with Gasteiger partial charge in [-0.25, -0.2) is 0 Å². The Morgan fingerprint density at radius 3 is 1.77 bits per heavy atom. The van der Waals surface area contributed by atoms with Gasteiger partial charge in [0.25, 0.3) is 0 Å². The molecule has 8 aromatic rings. The zero-order chi connectivity index (χ0) is 54.5. The molecule has 408 valence electrons. The lowest BCUT2D eigenvalue weighted by Gasteiger charge is -2.14. The van der Waals surface area contributed by atoms with Crippen molar-refractivity contribution < 1.29 is 14.2 Å². The summed E-state index contributed by atoms with van der Waals surface area (Å²) >= 11 is 5.85. The number of benzene rings is 7. The third-order valence-electron chi connectivity index (χ3n) is 14.2. The van der Waals surface area contributed by atoms with Gasteiger partial charge in [0, 0.05) is 29.1 Å². The van der Waals surface area contributed by atoms with Crippen molar-refractivity contribution in [3.8, 4) is 11.5 Å². The minimum atomic E-state index is 0.802. The Kier molecular flexibility index (Phi) is 23.8. The first kappa shape index (κ1) is 57.7. The van der Waals surface area contributed by atoms with Gasteiger partial charge < -0.3 is 19.5 Å². The summed E-state index contributed by atoms with van der Waals surface area (Å²) in [6.07, 6.45) is 31.0. The van der Waals surface area contributed by atoms with Crippen molar-refractivity contribution in [2.45, 2.75) is 86.5 Å². The predicted octanol–water partition coefficient (Wildman–Crippen LogP) is 17.4. The van der Waals surface area contributed by atoms with Crippen LogP contribution in [0.3, 0.4) is 0 Å². The summed E-state index contributed by atoms with van der Waals surface area (Å²) < 4.78 is 15.9. The Morgan fingerprint density at radius 1 is 0.438 bits per heavy atom. The van der Waals surface area contributed by atoms with E-state index in [0.29, 0.717) is 0 Å². The molecular weight excluding hydrogens is 1040 g/mol. The zero-order valence-electron chi connectivity index (χ0n) is 45.9. The van der Waals surface area contributed by atoms with Crippen LogP contribution in [0.4, 0.5) is 0 Å². The maximum Gasteiger partial charge on any atom is 0.151 e. The van der Waals surface area contributed by atoms with Crippen molar-refractivity contribution in [1.82, 2.24) is 10.3 Å². The second-order valence-corrected chi connectivity index (χ2v) is 23.1. The van der Waals surface area contributed by atoms with Gasteiger partial charge in [-0.05, 0) is 173 Å². The number of ether oxygens (including phenoxy) is 3. The lowest BCUT2D eigenvalue weighted by molar-refractivity contribution is 0.111. The first-order valence-electron chi connectivity index (χ1n) is 28.3. The Morgan fingerprint density at radius 2 is 1.06 bits per heavy atom. The summed E-state index contributed by atoms with van der Waals surface area (Å²) in [5.74, 6) is 6.80. The largest absolute Gasteiger partial charge is 0.490 e. The van der Waals surface area contributed by atoms with Crippen LogP contribution in [0.5, 0.6) is 11.5 Å². The van der Waals surface area contributed by atoms with Crippen LogP contribution in [0, 0.1) is 0 Å². The highest BCUT2D eigenvalue weighted by molar-refractivity contribution is 7.99. The number of hydrogen-bond acceptors (Lipinski definition) is 8. The highest BCUT2D eigenvalue weighted by Crippen LogP contribution is 2.32. The third kappa shape index (κ3) is 18.6. The number of fused-ring (bicyclic) bond motifs is 8. The van der Waals surface area contributed by atoms with Gasteiger partial charge in [-0.3, -0.25) is 4.98 Å². The number of aromatic nitrogens is 1. The molecule has 0 saturated heterocycles. The van der Waals surface area contributed by atoms with Crippen molar-refractivity contribution in [2.75, 3.05) is 30.5 Å². The van der Waals surface area contributed by atoms with Gasteiger partial charge >= 0.3 is 0 Å². The number of pyridine rings is 1. The Balaban J connectivity index is 0.000000111. The molecule has 5 nitrogen and oxygen atoms in total. The first-order valence-corrected chi connectivity index (χ1v) is 31.4. The second kappa shape index (κ2) is 33.0. The normalized spacial score (nSPS) is 15.3. The van der Waals surface area contributed by atoms with E-state index >= 15 is 0 Å². The molecule has 8 heteroatoms. The van der Waals surface area contributed by atoms with E-state index in [4.69, 9.17) is 14.2 Å². The molecule has 0 fully saturated rings. The van der Waals surface area contributed by atoms with Crippen LogP contribution >= 0.6 is 35.3 Å². The molecule has 1 aromatic heterocycles. The molecule has 7 heterocycles. The highest BCUT2D eigenvalue weighted by atomic mass is 32.2. The second-order valence-electron chi connectivity index (χ2n) is 19.7. The fraction of sp³-hybridized carbons (Fsp3) is 0.236. The minimum Gasteiger partial charge on any atom is -0.490 e. The molecule has 6 aliphatic heterocycles. The number of thioether (sulfide) groups is 3. The molecule has 0 spiro atoms. The van der Waals surface area contributed by atoms with Crippen LogP contribution in [0.25, 0.3) is 12.2 Å². The summed E-state index contributed by atoms with van der Waals surface area (Å²) in [5.41, 5.74) is 17.3. The van der Waals surface area contributed by atoms with E-state index in [1.54, 1.807) is 35.3 Å². The lowest BCUT2D eigenvalue weighted by Crippen LogP contribution is -2.09. The summed E-state index contributed by atoms with van der Waals surface area (Å²) in [7, 11) is 0. The van der Waals surface area contributed by atoms with E-state index in [0.717, 1.165) is 69.3 Å². The van der Waals surface area contributed by atoms with Crippen molar-refractivity contribution in [3.05, 3.63) is 292 Å². The van der Waals surface area contributed by atoms with E-state index in [-0.39, 0.29) is 0 Å². The van der Waals surface area contributed by atoms with E-state index < -0.39 is 0 Å². The maximum absolute atomic E-state index is 5.34. The highest BCUT2D eigenvalue weighted by Gasteiger charge is 2.11. The summed E-state index contributed by atoms with van der Waals surface area (Å²) in [5, 5.41) is 3.16. The van der Waals surface area contributed by atoms with E-state index in [9.17, 15) is 0 Å². The van der Waals surface area contributed by atoms with E-state index in [1.165, 1.54) is 109 Å². The molecule has 0 atom stereocenters. The molecule has 0 saturated carbocycles. The average Bonchev–Trinajstić information content (AvgIpc) is 3.56. The van der Waals surface area contributed by atoms with Gasteiger partial charge in [0.2, 0.25) is 0 Å². The molecule has 8 aliphatic rings. The Labute approximate surface area is 489 Å². The van der Waals surface area contributed by atoms with Crippen LogP contribution in [0.15, 0.2) is 235 Å². The molecule has 0 radical (unpaired) electrons. The number of rotatable bonds is 0. The maximum atomic E-state index is 5.34. The van der Waals surface area contributed by atoms with E-state index in [2.05, 4.69) is 192 Å². The number of hydrogen-bond donors (Lipinski definition) is 1. The lowest BCUT2D eigenvalue weighted by atomic mass is 9.97. The molecule has 2 aliphatic carbocycles. The van der Waals surface area contributed by atoms with Crippen LogP contribution in [0.2, 0.25) is 0 Å². The van der Waals surface area contributed by atoms with Crippen molar-refractivity contribution >= 4 is 47.4 Å². The van der Waals surface area contributed by atoms with Gasteiger partial charge in [-0.15, -0.1) is 23.5 Å². The zero-order valence-corrected chi connectivity index (χ0v) is 48.4. The summed E-state index contributed by atoms with van der Waals surface area (Å²) in [6.45, 7) is 3.46. The number of para-hydroxylation sites is 1. The van der Waals surface area contributed by atoms with Crippen LogP contribution in [0.1, 0.15) is 79.6 Å². The Bertz CT molecular complexity index is 2820. The first-order chi connectivity index (χ1) is 39.7. The smallest absolute Gasteiger partial charge is 0.151 e. The Hall–Kier alpha value is -6.94. The molecule has 0 unspecified atom stereocenters. The summed E-state index contributed by atoms with van der Waals surface area (Å²) in [4.78, 5) is 6.66. The summed E-state index contributed by atoms with van der Waals surface area (Å²) in [6, 6.07) is 61.6. The van der Waals surface area contributed by atoms with Gasteiger partial charge in [0.05, 0.1) is 37.2 Å². The number of allylic oxidation sites excluding steroid dienone is 4. The minimum absolute atomic E-state index is 0.802. The molecule has 7 aromatic carbocycles. The molecule has 1 N–H and O–H groups in total. The SMILES string of the molecule is C1=CCc2ccccc2C1.C1=COc2ccccc2C1.C1=Cc2ccccc2CC1.C1=Cc2ccccc2CN1.c1cc2c(cn1)OCCS2.c1ccc2c(c1)CCCS2.c1ccc2c(c1)CCOC2.c1ccc2c(c1)CCSC2. The van der Waals surface area contributed by atoms with Gasteiger partial charge in [-0.1, -0.05) is 182 Å². The standard InChI is InChI=1S/2C10H10.C9H9N.C9H8O.C9H10O.2C9H10S.C7H7NOS/c2*1-2-6-10-8-4-3-7-9(10)5-1;1-2-4-9-7-10-6-5-8(9)3-1;1-2-6-9-8(4-1)5-3-7-10-9;1-2-4-9-7-10-6-5-8(9)3-1;1-2-6-9-8(4-1)5-3-7-10-9;1-2-4-9-7-10-6-5-8(9)3-1;1-2-8-5-6-7(1)10-4-3-9-6/h1-3,5-7H,4,8H2;1-6H,7-8H2;1-6,10H,7H2;1-4,6-7H,5H2;1-4H,5-7H2;1-2,4,6H,3,5,7H2;1-4H,5-7H2;1-2,5H,3-4H2. The predicted molar refractivity (Wildman–Crippen MR) is 341 cm³/mol. The van der Waals surface area contributed by atoms with Crippen LogP contribution < -0.4 is 14.8 Å². The molecule has 80 heavy (non-hydrogen) atoms. The van der Waals surface area contributed by atoms with Gasteiger partial charge in [0.15, 0.2) is 5.75 Å². The van der Waals surface area contributed by atoms with Gasteiger partial charge in [-0.2, -0.15) is 11.8 Å². The number of nitrogens with one attached hydrogen (secondary N) is 1. The quantitative estimate of drug-likeness (QED) is 0.151. The molecule has 0 amide bonds. The van der Waals surface area contributed by atoms with Gasteiger partial charge in [0.1, 0.15) is 5.75 Å². The van der Waals surface area contributed by atoms with Crippen molar-refractivity contribution in [1.29, 1.82) is 0 Å². The average molecular weight is 1110 g/mol. The number of nitrogens with zero attached hydrogens (tertiary/aromatic N) is 1.